The molecule has 0 amide bonds. The lowest BCUT2D eigenvalue weighted by atomic mass is 10.3. The maximum atomic E-state index is 13.4. The molecule has 3 aromatic rings. The Labute approximate surface area is 224 Å². The second kappa shape index (κ2) is 11.6. The number of hydrogen-bond acceptors (Lipinski definition) is 12. The third-order valence-electron chi connectivity index (χ3n) is 6.50. The molecule has 2 saturated heterocycles. The Bertz CT molecular complexity index is 1330. The quantitative estimate of drug-likeness (QED) is 0.400. The highest BCUT2D eigenvalue weighted by molar-refractivity contribution is 5.82. The number of rotatable bonds is 7. The zero-order valence-electron chi connectivity index (χ0n) is 21.3. The van der Waals surface area contributed by atoms with Crippen LogP contribution in [-0.2, 0) is 11.3 Å². The van der Waals surface area contributed by atoms with Crippen LogP contribution in [0.1, 0.15) is 0 Å². The summed E-state index contributed by atoms with van der Waals surface area (Å²) in [6.07, 6.45) is 6.96. The fraction of sp³-hybridized carbons (Fsp3) is 0.400. The summed E-state index contributed by atoms with van der Waals surface area (Å²) in [6, 6.07) is 6.05. The van der Waals surface area contributed by atoms with Crippen LogP contribution in [-0.4, -0.2) is 94.1 Å². The molecule has 3 aliphatic heterocycles. The van der Waals surface area contributed by atoms with E-state index < -0.39 is 0 Å². The van der Waals surface area contributed by atoms with E-state index in [1.165, 1.54) is 18.5 Å². The SMILES string of the molecule is Fc1cccc(OC2=CN=C(N3CCN(c4ncnc(Nc5cnn(C[C@@H]6CNCCO6)c5)n4)CC3)NC2)c1. The van der Waals surface area contributed by atoms with Crippen molar-refractivity contribution in [1.29, 1.82) is 0 Å². The van der Waals surface area contributed by atoms with Crippen LogP contribution >= 0.6 is 0 Å². The largest absolute Gasteiger partial charge is 0.458 e. The predicted molar refractivity (Wildman–Crippen MR) is 142 cm³/mol. The minimum absolute atomic E-state index is 0.107. The van der Waals surface area contributed by atoms with Crippen LogP contribution < -0.4 is 25.6 Å². The molecule has 0 unspecified atom stereocenters. The number of halogens is 1. The maximum absolute atomic E-state index is 13.4. The number of piperazine rings is 1. The summed E-state index contributed by atoms with van der Waals surface area (Å²) in [5, 5.41) is 14.3. The smallest absolute Gasteiger partial charge is 0.232 e. The number of hydrogen-bond donors (Lipinski definition) is 3. The van der Waals surface area contributed by atoms with Crippen molar-refractivity contribution in [3.8, 4) is 5.75 Å². The van der Waals surface area contributed by atoms with Crippen molar-refractivity contribution < 1.29 is 13.9 Å². The van der Waals surface area contributed by atoms with Gasteiger partial charge in [0.05, 0.1) is 43.9 Å². The first-order chi connectivity index (χ1) is 19.2. The third-order valence-corrected chi connectivity index (χ3v) is 6.50. The summed E-state index contributed by atoms with van der Waals surface area (Å²) < 4.78 is 26.7. The lowest BCUT2D eigenvalue weighted by Crippen LogP contribution is -2.53. The lowest BCUT2D eigenvalue weighted by molar-refractivity contribution is 0.0161. The molecule has 2 aromatic heterocycles. The molecule has 5 heterocycles. The van der Waals surface area contributed by atoms with Gasteiger partial charge in [-0.25, -0.2) is 19.4 Å². The molecule has 13 nitrogen and oxygen atoms in total. The molecule has 204 valence electrons. The van der Waals surface area contributed by atoms with Crippen LogP contribution in [0.3, 0.4) is 0 Å². The van der Waals surface area contributed by atoms with E-state index in [1.54, 1.807) is 24.5 Å². The molecule has 2 fully saturated rings. The number of anilines is 3. The highest BCUT2D eigenvalue weighted by Gasteiger charge is 2.23. The number of morpholine rings is 1. The normalized spacial score (nSPS) is 19.7. The second-order valence-corrected chi connectivity index (χ2v) is 9.32. The fourth-order valence-electron chi connectivity index (χ4n) is 4.55. The molecular weight excluding hydrogens is 505 g/mol. The first-order valence-electron chi connectivity index (χ1n) is 12.9. The average molecular weight is 536 g/mol. The van der Waals surface area contributed by atoms with E-state index >= 15 is 0 Å². The summed E-state index contributed by atoms with van der Waals surface area (Å²) in [4.78, 5) is 22.1. The summed E-state index contributed by atoms with van der Waals surface area (Å²) in [6.45, 7) is 6.53. The minimum atomic E-state index is -0.338. The van der Waals surface area contributed by atoms with Crippen molar-refractivity contribution in [2.24, 2.45) is 4.99 Å². The third kappa shape index (κ3) is 6.41. The number of benzene rings is 1. The van der Waals surface area contributed by atoms with Gasteiger partial charge in [-0.1, -0.05) is 6.07 Å². The zero-order chi connectivity index (χ0) is 26.4. The molecular formula is C25H30FN11O2. The number of aliphatic imine (C=N–C) groups is 1. The monoisotopic (exact) mass is 535 g/mol. The van der Waals surface area contributed by atoms with Gasteiger partial charge in [0.25, 0.3) is 0 Å². The molecule has 6 rings (SSSR count). The average Bonchev–Trinajstić information content (AvgIpc) is 3.41. The van der Waals surface area contributed by atoms with Gasteiger partial charge in [0.2, 0.25) is 11.9 Å². The van der Waals surface area contributed by atoms with E-state index in [2.05, 4.69) is 50.8 Å². The van der Waals surface area contributed by atoms with E-state index in [-0.39, 0.29) is 11.9 Å². The van der Waals surface area contributed by atoms with Gasteiger partial charge in [-0.15, -0.1) is 0 Å². The molecule has 1 aromatic carbocycles. The number of aromatic nitrogens is 5. The Balaban J connectivity index is 1.01. The molecule has 0 spiro atoms. The first-order valence-corrected chi connectivity index (χ1v) is 12.9. The van der Waals surface area contributed by atoms with Crippen molar-refractivity contribution in [3.63, 3.8) is 0 Å². The van der Waals surface area contributed by atoms with E-state index in [1.807, 2.05) is 10.9 Å². The van der Waals surface area contributed by atoms with Gasteiger partial charge < -0.3 is 35.2 Å². The van der Waals surface area contributed by atoms with Gasteiger partial charge in [-0.2, -0.15) is 10.1 Å². The summed E-state index contributed by atoms with van der Waals surface area (Å²) in [5.41, 5.74) is 0.802. The second-order valence-electron chi connectivity index (χ2n) is 9.32. The molecule has 0 aliphatic carbocycles. The van der Waals surface area contributed by atoms with Gasteiger partial charge in [0, 0.05) is 51.5 Å². The fourth-order valence-corrected chi connectivity index (χ4v) is 4.55. The van der Waals surface area contributed by atoms with Crippen LogP contribution in [0.2, 0.25) is 0 Å². The van der Waals surface area contributed by atoms with E-state index in [0.717, 1.165) is 50.9 Å². The zero-order valence-corrected chi connectivity index (χ0v) is 21.3. The minimum Gasteiger partial charge on any atom is -0.458 e. The number of ether oxygens (including phenoxy) is 2. The van der Waals surface area contributed by atoms with Crippen molar-refractivity contribution in [2.45, 2.75) is 12.6 Å². The number of guanidine groups is 1. The van der Waals surface area contributed by atoms with Gasteiger partial charge in [0.1, 0.15) is 23.7 Å². The van der Waals surface area contributed by atoms with Crippen molar-refractivity contribution >= 4 is 23.5 Å². The van der Waals surface area contributed by atoms with Gasteiger partial charge >= 0.3 is 0 Å². The molecule has 0 bridgehead atoms. The molecule has 0 radical (unpaired) electrons. The highest BCUT2D eigenvalue weighted by Crippen LogP contribution is 2.18. The molecule has 3 aliphatic rings. The summed E-state index contributed by atoms with van der Waals surface area (Å²) >= 11 is 0. The standard InChI is InChI=1S/C25H30FN11O2/c26-18-2-1-3-20(10-18)39-21-13-28-24(29-14-21)35-5-7-36(8-6-35)25-31-17-30-23(34-25)33-19-11-32-37(15-19)16-22-12-27-4-9-38-22/h1-3,10-11,13,15,17,22,27H,4-9,12,14,16H2,(H,28,29)(H,30,31,33,34)/t22-/m0/s1. The van der Waals surface area contributed by atoms with Crippen LogP contribution in [0.15, 0.2) is 59.9 Å². The Morgan fingerprint density at radius 3 is 2.85 bits per heavy atom. The van der Waals surface area contributed by atoms with Crippen LogP contribution in [0, 0.1) is 5.82 Å². The number of nitrogens with zero attached hydrogens (tertiary/aromatic N) is 8. The molecule has 3 N–H and O–H groups in total. The van der Waals surface area contributed by atoms with E-state index in [9.17, 15) is 4.39 Å². The Morgan fingerprint density at radius 2 is 2.05 bits per heavy atom. The Hall–Kier alpha value is -4.30. The Morgan fingerprint density at radius 1 is 1.15 bits per heavy atom. The maximum Gasteiger partial charge on any atom is 0.232 e. The van der Waals surface area contributed by atoms with Gasteiger partial charge in [-0.3, -0.25) is 4.68 Å². The van der Waals surface area contributed by atoms with Crippen molar-refractivity contribution in [1.82, 2.24) is 40.3 Å². The van der Waals surface area contributed by atoms with Gasteiger partial charge in [-0.05, 0) is 12.1 Å². The van der Waals surface area contributed by atoms with E-state index in [0.29, 0.717) is 43.1 Å². The Kier molecular flexibility index (Phi) is 7.45. The van der Waals surface area contributed by atoms with Gasteiger partial charge in [0.15, 0.2) is 5.96 Å². The van der Waals surface area contributed by atoms with Crippen molar-refractivity contribution in [3.05, 3.63) is 60.8 Å². The molecule has 14 heteroatoms. The van der Waals surface area contributed by atoms with Crippen LogP contribution in [0.5, 0.6) is 5.75 Å². The first kappa shape index (κ1) is 25.0. The van der Waals surface area contributed by atoms with Crippen LogP contribution in [0.25, 0.3) is 0 Å². The summed E-state index contributed by atoms with van der Waals surface area (Å²) in [7, 11) is 0. The highest BCUT2D eigenvalue weighted by atomic mass is 19.1. The predicted octanol–water partition coefficient (Wildman–Crippen LogP) is 0.941. The van der Waals surface area contributed by atoms with Crippen molar-refractivity contribution in [2.75, 3.05) is 62.6 Å². The molecule has 0 saturated carbocycles. The lowest BCUT2D eigenvalue weighted by Gasteiger charge is -2.37. The molecule has 1 atom stereocenters. The molecule has 39 heavy (non-hydrogen) atoms. The topological polar surface area (TPSA) is 130 Å². The summed E-state index contributed by atoms with van der Waals surface area (Å²) in [5.74, 6) is 2.59. The van der Waals surface area contributed by atoms with E-state index in [4.69, 9.17) is 9.47 Å². The van der Waals surface area contributed by atoms with Crippen LogP contribution in [0.4, 0.5) is 22.0 Å². The number of nitrogens with one attached hydrogen (secondary N) is 3.